The van der Waals surface area contributed by atoms with Gasteiger partial charge in [0.25, 0.3) is 11.7 Å². The number of allylic oxidation sites excluding steroid dienone is 1. The van der Waals surface area contributed by atoms with Gasteiger partial charge < -0.3 is 20.5 Å². The standard InChI is InChI=1S/C27H26FN7O2/c1-15(2)19-13-30-24(17-4-6-18(28)7-5-17)34-25(19)33-21-12-16(3)32-26-22(21)20(14-31-26)23(36)27(37)35-10-8-29-9-11-35/h4-7,12-14,29H,1,8-11H2,2-3H3,(H2,30,31,32,33,34). The van der Waals surface area contributed by atoms with Crippen molar-refractivity contribution in [2.24, 2.45) is 0 Å². The zero-order valence-corrected chi connectivity index (χ0v) is 20.6. The quantitative estimate of drug-likeness (QED) is 0.273. The second kappa shape index (κ2) is 9.90. The van der Waals surface area contributed by atoms with Crippen LogP contribution in [0.4, 0.5) is 15.9 Å². The van der Waals surface area contributed by atoms with E-state index in [4.69, 9.17) is 0 Å². The van der Waals surface area contributed by atoms with Gasteiger partial charge >= 0.3 is 0 Å². The zero-order chi connectivity index (χ0) is 26.1. The number of carbonyl (C=O) groups excluding carboxylic acids is 2. The Labute approximate surface area is 212 Å². The predicted molar refractivity (Wildman–Crippen MR) is 140 cm³/mol. The summed E-state index contributed by atoms with van der Waals surface area (Å²) in [6.45, 7) is 9.96. The van der Waals surface area contributed by atoms with Crippen LogP contribution in [0.25, 0.3) is 28.0 Å². The molecular weight excluding hydrogens is 473 g/mol. The normalized spacial score (nSPS) is 13.5. The summed E-state index contributed by atoms with van der Waals surface area (Å²) in [5.74, 6) is -0.639. The fraction of sp³-hybridized carbons (Fsp3) is 0.222. The van der Waals surface area contributed by atoms with Crippen LogP contribution in [-0.4, -0.2) is 62.7 Å². The summed E-state index contributed by atoms with van der Waals surface area (Å²) in [7, 11) is 0. The molecule has 1 saturated heterocycles. The molecule has 4 heterocycles. The number of fused-ring (bicyclic) bond motifs is 1. The number of aromatic nitrogens is 4. The molecule has 3 N–H and O–H groups in total. The van der Waals surface area contributed by atoms with Crippen LogP contribution < -0.4 is 10.6 Å². The molecule has 0 radical (unpaired) electrons. The van der Waals surface area contributed by atoms with Gasteiger partial charge in [0, 0.05) is 55.4 Å². The van der Waals surface area contributed by atoms with Gasteiger partial charge in [0.2, 0.25) is 0 Å². The molecule has 10 heteroatoms. The maximum atomic E-state index is 13.4. The molecule has 1 aliphatic rings. The minimum atomic E-state index is -0.600. The van der Waals surface area contributed by atoms with Crippen molar-refractivity contribution in [1.82, 2.24) is 30.2 Å². The van der Waals surface area contributed by atoms with Crippen LogP contribution in [-0.2, 0) is 4.79 Å². The predicted octanol–water partition coefficient (Wildman–Crippen LogP) is 3.86. The molecule has 3 aromatic heterocycles. The summed E-state index contributed by atoms with van der Waals surface area (Å²) in [6, 6.07) is 7.70. The third-order valence-electron chi connectivity index (χ3n) is 6.22. The van der Waals surface area contributed by atoms with Crippen molar-refractivity contribution in [3.63, 3.8) is 0 Å². The number of amides is 1. The number of H-pyrrole nitrogens is 1. The van der Waals surface area contributed by atoms with Crippen LogP contribution in [0.3, 0.4) is 0 Å². The molecule has 37 heavy (non-hydrogen) atoms. The van der Waals surface area contributed by atoms with E-state index in [9.17, 15) is 14.0 Å². The molecule has 1 aromatic carbocycles. The number of benzene rings is 1. The number of aromatic amines is 1. The van der Waals surface area contributed by atoms with E-state index in [1.165, 1.54) is 18.3 Å². The van der Waals surface area contributed by atoms with E-state index in [0.717, 1.165) is 5.57 Å². The highest BCUT2D eigenvalue weighted by atomic mass is 19.1. The fourth-order valence-corrected chi connectivity index (χ4v) is 4.32. The SMILES string of the molecule is C=C(C)c1cnc(-c2ccc(F)cc2)nc1Nc1cc(C)nc2[nH]cc(C(=O)C(=O)N3CCNCC3)c12. The molecule has 0 bridgehead atoms. The molecular formula is C27H26FN7O2. The largest absolute Gasteiger partial charge is 0.345 e. The molecule has 0 spiro atoms. The van der Waals surface area contributed by atoms with Gasteiger partial charge in [0.05, 0.1) is 16.6 Å². The minimum Gasteiger partial charge on any atom is -0.345 e. The second-order valence-electron chi connectivity index (χ2n) is 8.98. The molecule has 0 saturated carbocycles. The van der Waals surface area contributed by atoms with E-state index in [0.29, 0.717) is 71.4 Å². The van der Waals surface area contributed by atoms with Crippen molar-refractivity contribution in [1.29, 1.82) is 0 Å². The molecule has 0 unspecified atom stereocenters. The highest BCUT2D eigenvalue weighted by molar-refractivity contribution is 6.45. The Balaban J connectivity index is 1.57. The number of nitrogens with zero attached hydrogens (tertiary/aromatic N) is 4. The number of carbonyl (C=O) groups is 2. The Hall–Kier alpha value is -4.44. The van der Waals surface area contributed by atoms with Gasteiger partial charge in [0.15, 0.2) is 5.82 Å². The summed E-state index contributed by atoms with van der Waals surface area (Å²) in [4.78, 5) is 44.5. The van der Waals surface area contributed by atoms with Gasteiger partial charge in [-0.3, -0.25) is 9.59 Å². The Morgan fingerprint density at radius 3 is 2.54 bits per heavy atom. The summed E-state index contributed by atoms with van der Waals surface area (Å²) in [6.07, 6.45) is 3.17. The van der Waals surface area contributed by atoms with Crippen LogP contribution in [0.2, 0.25) is 0 Å². The van der Waals surface area contributed by atoms with Gasteiger partial charge in [-0.2, -0.15) is 0 Å². The molecule has 0 aliphatic carbocycles. The third-order valence-corrected chi connectivity index (χ3v) is 6.22. The first-order chi connectivity index (χ1) is 17.8. The van der Waals surface area contributed by atoms with Crippen LogP contribution in [0.15, 0.2) is 49.3 Å². The van der Waals surface area contributed by atoms with Crippen molar-refractivity contribution < 1.29 is 14.0 Å². The molecule has 4 aromatic rings. The van der Waals surface area contributed by atoms with E-state index < -0.39 is 11.7 Å². The lowest BCUT2D eigenvalue weighted by Crippen LogP contribution is -2.48. The maximum Gasteiger partial charge on any atom is 0.295 e. The van der Waals surface area contributed by atoms with Gasteiger partial charge in [-0.05, 0) is 49.8 Å². The average Bonchev–Trinajstić information content (AvgIpc) is 3.32. The van der Waals surface area contributed by atoms with Gasteiger partial charge in [-0.25, -0.2) is 19.3 Å². The lowest BCUT2D eigenvalue weighted by atomic mass is 10.1. The van der Waals surface area contributed by atoms with Crippen molar-refractivity contribution in [3.8, 4) is 11.4 Å². The third kappa shape index (κ3) is 4.83. The number of anilines is 2. The first kappa shape index (κ1) is 24.3. The monoisotopic (exact) mass is 499 g/mol. The van der Waals surface area contributed by atoms with Gasteiger partial charge in [-0.15, -0.1) is 0 Å². The number of ketones is 1. The molecule has 9 nitrogen and oxygen atoms in total. The number of piperazine rings is 1. The number of aryl methyl sites for hydroxylation is 1. The Kier molecular flexibility index (Phi) is 6.49. The number of hydrogen-bond acceptors (Lipinski definition) is 7. The number of halogens is 1. The average molecular weight is 500 g/mol. The Bertz CT molecular complexity index is 1520. The lowest BCUT2D eigenvalue weighted by molar-refractivity contribution is -0.126. The molecule has 188 valence electrons. The number of nitrogens with one attached hydrogen (secondary N) is 3. The number of rotatable bonds is 6. The summed E-state index contributed by atoms with van der Waals surface area (Å²) >= 11 is 0. The molecule has 5 rings (SSSR count). The topological polar surface area (TPSA) is 116 Å². The first-order valence-electron chi connectivity index (χ1n) is 11.9. The van der Waals surface area contributed by atoms with Gasteiger partial charge in [-0.1, -0.05) is 6.58 Å². The number of hydrogen-bond donors (Lipinski definition) is 3. The fourth-order valence-electron chi connectivity index (χ4n) is 4.32. The van der Waals surface area contributed by atoms with E-state index in [2.05, 4.69) is 37.1 Å². The summed E-state index contributed by atoms with van der Waals surface area (Å²) < 4.78 is 13.4. The molecule has 1 fully saturated rings. The van der Waals surface area contributed by atoms with Crippen LogP contribution in [0.5, 0.6) is 0 Å². The number of Topliss-reactive ketones (excluding diaryl/α,β-unsaturated/α-hetero) is 1. The lowest BCUT2D eigenvalue weighted by Gasteiger charge is -2.26. The van der Waals surface area contributed by atoms with Crippen molar-refractivity contribution in [3.05, 3.63) is 71.9 Å². The smallest absolute Gasteiger partial charge is 0.295 e. The highest BCUT2D eigenvalue weighted by Crippen LogP contribution is 2.32. The highest BCUT2D eigenvalue weighted by Gasteiger charge is 2.28. The van der Waals surface area contributed by atoms with Crippen LogP contribution >= 0.6 is 0 Å². The van der Waals surface area contributed by atoms with E-state index in [1.54, 1.807) is 29.3 Å². The second-order valence-corrected chi connectivity index (χ2v) is 8.98. The van der Waals surface area contributed by atoms with Crippen molar-refractivity contribution in [2.45, 2.75) is 13.8 Å². The van der Waals surface area contributed by atoms with Crippen molar-refractivity contribution >= 4 is 39.8 Å². The summed E-state index contributed by atoms with van der Waals surface area (Å²) in [5.41, 5.74) is 4.03. The Morgan fingerprint density at radius 1 is 1.11 bits per heavy atom. The minimum absolute atomic E-state index is 0.234. The zero-order valence-electron chi connectivity index (χ0n) is 20.6. The molecule has 0 atom stereocenters. The van der Waals surface area contributed by atoms with Crippen LogP contribution in [0.1, 0.15) is 28.5 Å². The molecule has 1 aliphatic heterocycles. The van der Waals surface area contributed by atoms with E-state index in [-0.39, 0.29) is 11.4 Å². The molecule has 1 amide bonds. The number of pyridine rings is 1. The van der Waals surface area contributed by atoms with Gasteiger partial charge in [0.1, 0.15) is 17.3 Å². The van der Waals surface area contributed by atoms with E-state index >= 15 is 0 Å². The maximum absolute atomic E-state index is 13.4. The summed E-state index contributed by atoms with van der Waals surface area (Å²) in [5, 5.41) is 7.00. The van der Waals surface area contributed by atoms with E-state index in [1.807, 2.05) is 13.8 Å². The van der Waals surface area contributed by atoms with Crippen molar-refractivity contribution in [2.75, 3.05) is 31.5 Å². The Morgan fingerprint density at radius 2 is 1.84 bits per heavy atom. The van der Waals surface area contributed by atoms with Crippen LogP contribution in [0, 0.1) is 12.7 Å². The first-order valence-corrected chi connectivity index (χ1v) is 11.9.